The summed E-state index contributed by atoms with van der Waals surface area (Å²) in [6.07, 6.45) is 5.14. The van der Waals surface area contributed by atoms with Gasteiger partial charge in [0.25, 0.3) is 0 Å². The number of rotatable bonds is 9. The number of aryl methyl sites for hydroxylation is 1. The molecule has 0 aliphatic heterocycles. The second-order valence-corrected chi connectivity index (χ2v) is 9.47. The van der Waals surface area contributed by atoms with Crippen LogP contribution >= 0.6 is 11.6 Å². The second-order valence-electron chi connectivity index (χ2n) is 9.06. The average Bonchev–Trinajstić information content (AvgIpc) is 2.85. The van der Waals surface area contributed by atoms with Gasteiger partial charge >= 0.3 is 0 Å². The minimum Gasteiger partial charge on any atom is -0.503 e. The van der Waals surface area contributed by atoms with Crippen LogP contribution in [0.5, 0.6) is 11.5 Å². The van der Waals surface area contributed by atoms with Crippen LogP contribution in [-0.2, 0) is 13.0 Å². The molecular weight excluding hydrogens is 458 g/mol. The molecule has 5 nitrogen and oxygen atoms in total. The number of phenols is 1. The molecule has 4 rings (SSSR count). The first-order valence-corrected chi connectivity index (χ1v) is 12.3. The van der Waals surface area contributed by atoms with Crippen molar-refractivity contribution < 1.29 is 9.84 Å². The number of anilines is 2. The molecule has 0 radical (unpaired) electrons. The molecule has 4 aromatic rings. The van der Waals surface area contributed by atoms with E-state index in [1.807, 2.05) is 18.3 Å². The maximum atomic E-state index is 10.2. The first-order valence-electron chi connectivity index (χ1n) is 11.9. The zero-order valence-electron chi connectivity index (χ0n) is 20.7. The SMILES string of the molecule is CCCCc1cnc2ccc(-c3cc(Cl)c(O)c(OC)c3)cc2c1Nc1ccc(CN(C)C)cc1. The minimum atomic E-state index is -0.0534. The molecule has 182 valence electrons. The Bertz CT molecular complexity index is 1320. The van der Waals surface area contributed by atoms with Crippen LogP contribution < -0.4 is 10.1 Å². The largest absolute Gasteiger partial charge is 0.503 e. The number of benzene rings is 3. The summed E-state index contributed by atoms with van der Waals surface area (Å²) in [5.41, 5.74) is 7.32. The fourth-order valence-electron chi connectivity index (χ4n) is 4.22. The molecule has 35 heavy (non-hydrogen) atoms. The lowest BCUT2D eigenvalue weighted by Crippen LogP contribution is -2.10. The van der Waals surface area contributed by atoms with E-state index in [1.165, 1.54) is 18.2 Å². The Hall–Kier alpha value is -3.28. The van der Waals surface area contributed by atoms with Crippen LogP contribution in [0.1, 0.15) is 30.9 Å². The Morgan fingerprint density at radius 2 is 1.80 bits per heavy atom. The van der Waals surface area contributed by atoms with Crippen LogP contribution in [0.4, 0.5) is 11.4 Å². The molecule has 0 atom stereocenters. The van der Waals surface area contributed by atoms with Crippen molar-refractivity contribution in [1.29, 1.82) is 0 Å². The lowest BCUT2D eigenvalue weighted by Gasteiger charge is -2.17. The van der Waals surface area contributed by atoms with Crippen molar-refractivity contribution in [1.82, 2.24) is 9.88 Å². The number of methoxy groups -OCH3 is 1. The number of pyridine rings is 1. The molecule has 6 heteroatoms. The molecule has 1 aromatic heterocycles. The molecule has 0 bridgehead atoms. The summed E-state index contributed by atoms with van der Waals surface area (Å²) in [6.45, 7) is 3.10. The number of phenolic OH excluding ortho intramolecular Hbond substituents is 1. The van der Waals surface area contributed by atoms with Gasteiger partial charge in [-0.05, 0) is 85.6 Å². The van der Waals surface area contributed by atoms with Gasteiger partial charge in [0.15, 0.2) is 11.5 Å². The van der Waals surface area contributed by atoms with Gasteiger partial charge in [-0.2, -0.15) is 0 Å². The number of aromatic hydroxyl groups is 1. The topological polar surface area (TPSA) is 57.6 Å². The number of halogens is 1. The van der Waals surface area contributed by atoms with Gasteiger partial charge in [-0.1, -0.05) is 43.1 Å². The zero-order chi connectivity index (χ0) is 24.9. The van der Waals surface area contributed by atoms with Gasteiger partial charge in [0.2, 0.25) is 0 Å². The molecule has 0 saturated heterocycles. The zero-order valence-corrected chi connectivity index (χ0v) is 21.5. The van der Waals surface area contributed by atoms with Crippen LogP contribution in [0.3, 0.4) is 0 Å². The van der Waals surface area contributed by atoms with Crippen molar-refractivity contribution >= 4 is 33.9 Å². The van der Waals surface area contributed by atoms with Crippen molar-refractivity contribution in [2.24, 2.45) is 0 Å². The van der Waals surface area contributed by atoms with E-state index < -0.39 is 0 Å². The van der Waals surface area contributed by atoms with Crippen LogP contribution in [0.25, 0.3) is 22.0 Å². The standard InChI is InChI=1S/C29H32ClN3O2/c1-5-6-7-21-17-31-26-13-10-20(22-15-25(30)29(34)27(16-22)35-4)14-24(26)28(21)32-23-11-8-19(9-12-23)18-33(2)3/h8-17,34H,5-7,18H2,1-4H3,(H,31,32). The molecule has 2 N–H and O–H groups in total. The fourth-order valence-corrected chi connectivity index (χ4v) is 4.43. The van der Waals surface area contributed by atoms with E-state index in [0.717, 1.165) is 59.2 Å². The predicted octanol–water partition coefficient (Wildman–Crippen LogP) is 7.42. The van der Waals surface area contributed by atoms with Crippen molar-refractivity contribution in [3.8, 4) is 22.6 Å². The van der Waals surface area contributed by atoms with E-state index in [4.69, 9.17) is 21.3 Å². The summed E-state index contributed by atoms with van der Waals surface area (Å²) in [6, 6.07) is 18.3. The van der Waals surface area contributed by atoms with Crippen LogP contribution in [0.2, 0.25) is 5.02 Å². The highest BCUT2D eigenvalue weighted by molar-refractivity contribution is 6.32. The van der Waals surface area contributed by atoms with Gasteiger partial charge in [0.1, 0.15) is 0 Å². The molecule has 0 amide bonds. The lowest BCUT2D eigenvalue weighted by molar-refractivity contribution is 0.374. The highest BCUT2D eigenvalue weighted by atomic mass is 35.5. The molecule has 0 aliphatic rings. The summed E-state index contributed by atoms with van der Waals surface area (Å²) in [7, 11) is 5.67. The molecule has 0 spiro atoms. The van der Waals surface area contributed by atoms with E-state index >= 15 is 0 Å². The molecule has 0 unspecified atom stereocenters. The van der Waals surface area contributed by atoms with Crippen molar-refractivity contribution in [3.63, 3.8) is 0 Å². The van der Waals surface area contributed by atoms with Crippen LogP contribution in [-0.4, -0.2) is 36.2 Å². The number of aromatic nitrogens is 1. The van der Waals surface area contributed by atoms with Crippen molar-refractivity contribution in [2.45, 2.75) is 32.7 Å². The number of unbranched alkanes of at least 4 members (excludes halogenated alkanes) is 1. The molecule has 0 aliphatic carbocycles. The Labute approximate surface area is 212 Å². The van der Waals surface area contributed by atoms with Gasteiger partial charge in [-0.25, -0.2) is 0 Å². The number of nitrogens with one attached hydrogen (secondary N) is 1. The first-order chi connectivity index (χ1) is 16.9. The highest BCUT2D eigenvalue weighted by Gasteiger charge is 2.14. The van der Waals surface area contributed by atoms with E-state index in [0.29, 0.717) is 5.75 Å². The third-order valence-electron chi connectivity index (χ3n) is 6.05. The Morgan fingerprint density at radius 3 is 2.49 bits per heavy atom. The fraction of sp³-hybridized carbons (Fsp3) is 0.276. The van der Waals surface area contributed by atoms with Gasteiger partial charge in [0.05, 0.1) is 23.3 Å². The minimum absolute atomic E-state index is 0.0534. The van der Waals surface area contributed by atoms with E-state index in [2.05, 4.69) is 61.6 Å². The second kappa shape index (κ2) is 11.0. The highest BCUT2D eigenvalue weighted by Crippen LogP contribution is 2.40. The summed E-state index contributed by atoms with van der Waals surface area (Å²) in [5.74, 6) is 0.292. The van der Waals surface area contributed by atoms with Crippen molar-refractivity contribution in [3.05, 3.63) is 76.9 Å². The average molecular weight is 490 g/mol. The summed E-state index contributed by atoms with van der Waals surface area (Å²) < 4.78 is 5.31. The van der Waals surface area contributed by atoms with Gasteiger partial charge in [-0.15, -0.1) is 0 Å². The van der Waals surface area contributed by atoms with Gasteiger partial charge in [0, 0.05) is 23.8 Å². The predicted molar refractivity (Wildman–Crippen MR) is 146 cm³/mol. The van der Waals surface area contributed by atoms with E-state index in [9.17, 15) is 5.11 Å². The van der Waals surface area contributed by atoms with E-state index in [1.54, 1.807) is 12.1 Å². The maximum absolute atomic E-state index is 10.2. The summed E-state index contributed by atoms with van der Waals surface area (Å²) >= 11 is 6.27. The number of nitrogens with zero attached hydrogens (tertiary/aromatic N) is 2. The summed E-state index contributed by atoms with van der Waals surface area (Å²) in [4.78, 5) is 6.91. The molecule has 1 heterocycles. The molecule has 0 fully saturated rings. The third-order valence-corrected chi connectivity index (χ3v) is 6.34. The Balaban J connectivity index is 1.80. The van der Waals surface area contributed by atoms with Crippen LogP contribution in [0, 0.1) is 0 Å². The summed E-state index contributed by atoms with van der Waals surface area (Å²) in [5, 5.41) is 15.1. The van der Waals surface area contributed by atoms with Crippen LogP contribution in [0.15, 0.2) is 60.8 Å². The quantitative estimate of drug-likeness (QED) is 0.256. The van der Waals surface area contributed by atoms with Gasteiger partial charge < -0.3 is 20.1 Å². The monoisotopic (exact) mass is 489 g/mol. The smallest absolute Gasteiger partial charge is 0.176 e. The number of hydrogen-bond acceptors (Lipinski definition) is 5. The molecule has 0 saturated carbocycles. The lowest BCUT2D eigenvalue weighted by atomic mass is 9.99. The normalized spacial score (nSPS) is 11.3. The maximum Gasteiger partial charge on any atom is 0.176 e. The molecule has 3 aromatic carbocycles. The number of fused-ring (bicyclic) bond motifs is 1. The van der Waals surface area contributed by atoms with E-state index in [-0.39, 0.29) is 10.8 Å². The number of hydrogen-bond donors (Lipinski definition) is 2. The van der Waals surface area contributed by atoms with Crippen molar-refractivity contribution in [2.75, 3.05) is 26.5 Å². The Morgan fingerprint density at radius 1 is 1.03 bits per heavy atom. The number of ether oxygens (including phenoxy) is 1. The molecular formula is C29H32ClN3O2. The third kappa shape index (κ3) is 5.69. The first kappa shape index (κ1) is 24.8. The Kier molecular flexibility index (Phi) is 7.79. The van der Waals surface area contributed by atoms with Gasteiger partial charge in [-0.3, -0.25) is 4.98 Å².